The highest BCUT2D eigenvalue weighted by molar-refractivity contribution is 6.01. The molecule has 136 valence electrons. The van der Waals surface area contributed by atoms with Crippen LogP contribution in [0.25, 0.3) is 0 Å². The van der Waals surface area contributed by atoms with Crippen molar-refractivity contribution in [3.8, 4) is 5.75 Å². The van der Waals surface area contributed by atoms with Gasteiger partial charge < -0.3 is 20.3 Å². The predicted octanol–water partition coefficient (Wildman–Crippen LogP) is 1.08. The second-order valence-electron chi connectivity index (χ2n) is 6.25. The van der Waals surface area contributed by atoms with Crippen LogP contribution in [-0.2, 0) is 14.4 Å². The average molecular weight is 347 g/mol. The number of carbonyl (C=O) groups is 3. The highest BCUT2D eigenvalue weighted by Crippen LogP contribution is 2.33. The van der Waals surface area contributed by atoms with Gasteiger partial charge in [-0.05, 0) is 32.9 Å². The number of benzene rings is 1. The van der Waals surface area contributed by atoms with E-state index in [1.165, 1.54) is 0 Å². The van der Waals surface area contributed by atoms with Crippen LogP contribution < -0.4 is 20.3 Å². The van der Waals surface area contributed by atoms with Crippen molar-refractivity contribution in [1.29, 1.82) is 0 Å². The number of hydrogen-bond donors (Lipinski definition) is 2. The molecule has 1 aromatic carbocycles. The number of nitrogens with one attached hydrogen (secondary N) is 2. The Bertz CT molecular complexity index is 645. The van der Waals surface area contributed by atoms with Gasteiger partial charge >= 0.3 is 0 Å². The summed E-state index contributed by atoms with van der Waals surface area (Å²) < 4.78 is 5.56. The molecule has 2 N–H and O–H groups in total. The predicted molar refractivity (Wildman–Crippen MR) is 94.4 cm³/mol. The summed E-state index contributed by atoms with van der Waals surface area (Å²) >= 11 is 0. The average Bonchev–Trinajstić information content (AvgIpc) is 2.94. The molecule has 1 heterocycles. The fourth-order valence-electron chi connectivity index (χ4n) is 2.76. The van der Waals surface area contributed by atoms with Gasteiger partial charge in [-0.3, -0.25) is 14.4 Å². The molecular formula is C18H25N3O4. The highest BCUT2D eigenvalue weighted by atomic mass is 16.5. The number of ether oxygens (including phenoxy) is 1. The van der Waals surface area contributed by atoms with Crippen molar-refractivity contribution in [1.82, 2.24) is 10.6 Å². The Hall–Kier alpha value is -2.57. The van der Waals surface area contributed by atoms with Crippen molar-refractivity contribution in [3.05, 3.63) is 24.3 Å². The third-order valence-electron chi connectivity index (χ3n) is 3.82. The van der Waals surface area contributed by atoms with Crippen molar-refractivity contribution >= 4 is 23.4 Å². The van der Waals surface area contributed by atoms with Gasteiger partial charge in [-0.25, -0.2) is 0 Å². The third-order valence-corrected chi connectivity index (χ3v) is 3.82. The number of anilines is 1. The molecule has 0 bridgehead atoms. The van der Waals surface area contributed by atoms with Crippen LogP contribution >= 0.6 is 0 Å². The lowest BCUT2D eigenvalue weighted by molar-refractivity contribution is -0.129. The lowest BCUT2D eigenvalue weighted by Crippen LogP contribution is -2.42. The molecule has 1 fully saturated rings. The minimum atomic E-state index is -0.478. The molecule has 0 aromatic heterocycles. The number of nitrogens with zero attached hydrogens (tertiary/aromatic N) is 1. The molecule has 1 aliphatic heterocycles. The van der Waals surface area contributed by atoms with E-state index >= 15 is 0 Å². The summed E-state index contributed by atoms with van der Waals surface area (Å²) in [6.07, 6.45) is 0.123. The van der Waals surface area contributed by atoms with Gasteiger partial charge in [-0.15, -0.1) is 0 Å². The van der Waals surface area contributed by atoms with Crippen LogP contribution in [0.5, 0.6) is 5.75 Å². The van der Waals surface area contributed by atoms with Crippen molar-refractivity contribution < 1.29 is 19.1 Å². The molecule has 0 spiro atoms. The minimum absolute atomic E-state index is 0.0167. The molecule has 1 atom stereocenters. The molecule has 0 radical (unpaired) electrons. The molecule has 3 amide bonds. The zero-order valence-electron chi connectivity index (χ0n) is 14.9. The van der Waals surface area contributed by atoms with Gasteiger partial charge in [-0.1, -0.05) is 12.1 Å². The van der Waals surface area contributed by atoms with Gasteiger partial charge in [0, 0.05) is 19.0 Å². The molecule has 0 aliphatic carbocycles. The van der Waals surface area contributed by atoms with Crippen molar-refractivity contribution in [2.24, 2.45) is 5.92 Å². The van der Waals surface area contributed by atoms with Crippen LogP contribution in [-0.4, -0.2) is 43.5 Å². The summed E-state index contributed by atoms with van der Waals surface area (Å²) in [5.74, 6) is -0.515. The summed E-state index contributed by atoms with van der Waals surface area (Å²) in [6, 6.07) is 7.29. The minimum Gasteiger partial charge on any atom is -0.492 e. The molecule has 25 heavy (non-hydrogen) atoms. The van der Waals surface area contributed by atoms with Gasteiger partial charge in [0.1, 0.15) is 5.75 Å². The van der Waals surface area contributed by atoms with Crippen LogP contribution in [0, 0.1) is 5.92 Å². The number of rotatable bonds is 7. The summed E-state index contributed by atoms with van der Waals surface area (Å²) in [5.41, 5.74) is 0.669. The molecule has 0 saturated carbocycles. The zero-order chi connectivity index (χ0) is 18.4. The standard InChI is InChI=1S/C18H25N3O4/c1-4-25-15-8-6-5-7-14(15)21-11-13(9-17(21)23)18(24)19-10-16(22)20-12(2)3/h5-8,12-13H,4,9-11H2,1-3H3,(H,19,24)(H,20,22)/t13-/m0/s1. The molecule has 2 rings (SSSR count). The molecule has 1 aliphatic rings. The molecule has 1 saturated heterocycles. The number of carbonyl (C=O) groups excluding carboxylic acids is 3. The van der Waals surface area contributed by atoms with E-state index < -0.39 is 5.92 Å². The Balaban J connectivity index is 1.98. The fraction of sp³-hybridized carbons (Fsp3) is 0.500. The number of amides is 3. The Morgan fingerprint density at radius 2 is 2.04 bits per heavy atom. The second-order valence-corrected chi connectivity index (χ2v) is 6.25. The molecule has 0 unspecified atom stereocenters. The van der Waals surface area contributed by atoms with Crippen LogP contribution in [0.2, 0.25) is 0 Å². The Kier molecular flexibility index (Phi) is 6.38. The topological polar surface area (TPSA) is 87.7 Å². The smallest absolute Gasteiger partial charge is 0.239 e. The Morgan fingerprint density at radius 3 is 2.72 bits per heavy atom. The first-order valence-electron chi connectivity index (χ1n) is 8.51. The van der Waals surface area contributed by atoms with Gasteiger partial charge in [0.05, 0.1) is 24.8 Å². The fourth-order valence-corrected chi connectivity index (χ4v) is 2.76. The van der Waals surface area contributed by atoms with E-state index in [9.17, 15) is 14.4 Å². The van der Waals surface area contributed by atoms with Crippen LogP contribution in [0.1, 0.15) is 27.2 Å². The third kappa shape index (κ3) is 4.95. The van der Waals surface area contributed by atoms with E-state index in [-0.39, 0.29) is 43.3 Å². The molecule has 7 heteroatoms. The van der Waals surface area contributed by atoms with Crippen LogP contribution in [0.15, 0.2) is 24.3 Å². The largest absolute Gasteiger partial charge is 0.492 e. The summed E-state index contributed by atoms with van der Waals surface area (Å²) in [4.78, 5) is 37.8. The highest BCUT2D eigenvalue weighted by Gasteiger charge is 2.36. The van der Waals surface area contributed by atoms with E-state index in [1.54, 1.807) is 17.0 Å². The monoisotopic (exact) mass is 347 g/mol. The number of para-hydroxylation sites is 2. The van der Waals surface area contributed by atoms with Gasteiger partial charge in [0.15, 0.2) is 0 Å². The maximum absolute atomic E-state index is 12.3. The van der Waals surface area contributed by atoms with Crippen LogP contribution in [0.4, 0.5) is 5.69 Å². The first-order valence-corrected chi connectivity index (χ1v) is 8.51. The quantitative estimate of drug-likeness (QED) is 0.773. The number of hydrogen-bond acceptors (Lipinski definition) is 4. The normalized spacial score (nSPS) is 16.9. The summed E-state index contributed by atoms with van der Waals surface area (Å²) in [7, 11) is 0. The van der Waals surface area contributed by atoms with Gasteiger partial charge in [0.25, 0.3) is 0 Å². The van der Waals surface area contributed by atoms with Crippen LogP contribution in [0.3, 0.4) is 0 Å². The molecule has 7 nitrogen and oxygen atoms in total. The Morgan fingerprint density at radius 1 is 1.32 bits per heavy atom. The molecular weight excluding hydrogens is 322 g/mol. The summed E-state index contributed by atoms with van der Waals surface area (Å²) in [6.45, 7) is 6.26. The first kappa shape index (κ1) is 18.8. The Labute approximate surface area is 147 Å². The maximum atomic E-state index is 12.3. The maximum Gasteiger partial charge on any atom is 0.239 e. The SMILES string of the molecule is CCOc1ccccc1N1C[C@@H](C(=O)NCC(=O)NC(C)C)CC1=O. The lowest BCUT2D eigenvalue weighted by atomic mass is 10.1. The first-order chi connectivity index (χ1) is 11.9. The van der Waals surface area contributed by atoms with Crippen molar-refractivity contribution in [3.63, 3.8) is 0 Å². The zero-order valence-corrected chi connectivity index (χ0v) is 14.9. The summed E-state index contributed by atoms with van der Waals surface area (Å²) in [5, 5.41) is 5.31. The van der Waals surface area contributed by atoms with E-state index in [1.807, 2.05) is 32.9 Å². The molecule has 1 aromatic rings. The van der Waals surface area contributed by atoms with Gasteiger partial charge in [-0.2, -0.15) is 0 Å². The van der Waals surface area contributed by atoms with E-state index in [0.717, 1.165) is 0 Å². The van der Waals surface area contributed by atoms with Crippen molar-refractivity contribution in [2.75, 3.05) is 24.6 Å². The van der Waals surface area contributed by atoms with E-state index in [2.05, 4.69) is 10.6 Å². The van der Waals surface area contributed by atoms with Gasteiger partial charge in [0.2, 0.25) is 17.7 Å². The van der Waals surface area contributed by atoms with Crippen molar-refractivity contribution in [2.45, 2.75) is 33.2 Å². The van der Waals surface area contributed by atoms with E-state index in [4.69, 9.17) is 4.74 Å². The lowest BCUT2D eigenvalue weighted by Gasteiger charge is -2.20. The second kappa shape index (κ2) is 8.50. The van der Waals surface area contributed by atoms with E-state index in [0.29, 0.717) is 18.0 Å².